The van der Waals surface area contributed by atoms with Gasteiger partial charge in [0.25, 0.3) is 5.91 Å². The lowest BCUT2D eigenvalue weighted by molar-refractivity contribution is 0.0919. The molecule has 1 aromatic carbocycles. The summed E-state index contributed by atoms with van der Waals surface area (Å²) in [5.41, 5.74) is 3.51. The van der Waals surface area contributed by atoms with Gasteiger partial charge in [-0.3, -0.25) is 18.9 Å². The van der Waals surface area contributed by atoms with E-state index in [9.17, 15) is 14.7 Å². The molecule has 4 aromatic rings. The Balaban J connectivity index is 1.30. The molecular weight excluding hydrogens is 516 g/mol. The third-order valence-corrected chi connectivity index (χ3v) is 7.78. The fourth-order valence-electron chi connectivity index (χ4n) is 5.38. The summed E-state index contributed by atoms with van der Waals surface area (Å²) in [6.45, 7) is 2.95. The van der Waals surface area contributed by atoms with E-state index in [2.05, 4.69) is 15.3 Å². The van der Waals surface area contributed by atoms with Gasteiger partial charge in [0.15, 0.2) is 0 Å². The molecule has 0 spiro atoms. The Labute approximate surface area is 232 Å². The van der Waals surface area contributed by atoms with Crippen molar-refractivity contribution in [2.75, 3.05) is 25.1 Å². The molecule has 1 saturated carbocycles. The third-order valence-electron chi connectivity index (χ3n) is 7.57. The molecule has 0 bridgehead atoms. The van der Waals surface area contributed by atoms with Crippen molar-refractivity contribution >= 4 is 34.4 Å². The number of rotatable bonds is 8. The monoisotopic (exact) mass is 548 g/mol. The third kappa shape index (κ3) is 5.69. The smallest absolute Gasteiger partial charge is 0.333 e. The van der Waals surface area contributed by atoms with Gasteiger partial charge < -0.3 is 15.3 Å². The standard InChI is InChI=1S/C29H33ClN6O3/c1-19-24(15-21(30)16-31-19)28(38)33-22-9-7-20(8-10-22)18-35-25-5-3-4-6-26(25)36(29(35)39)23-11-12-27(32-17-23)34(2)13-14-37/h3-6,11-12,15-17,20,22,37H,7-10,13-14,18H2,1-2H3,(H,33,38)/t20-,22-. The molecule has 0 atom stereocenters. The van der Waals surface area contributed by atoms with Gasteiger partial charge in [0.05, 0.1) is 45.8 Å². The molecule has 3 heterocycles. The molecule has 1 aliphatic rings. The number of aromatic nitrogens is 4. The molecule has 0 saturated heterocycles. The van der Waals surface area contributed by atoms with Gasteiger partial charge >= 0.3 is 5.69 Å². The van der Waals surface area contributed by atoms with Crippen molar-refractivity contribution in [2.24, 2.45) is 5.92 Å². The van der Waals surface area contributed by atoms with Crippen LogP contribution in [-0.4, -0.2) is 56.4 Å². The Hall–Kier alpha value is -3.69. The minimum Gasteiger partial charge on any atom is -0.395 e. The molecule has 1 amide bonds. The van der Waals surface area contributed by atoms with E-state index in [0.717, 1.165) is 42.5 Å². The van der Waals surface area contributed by atoms with Crippen molar-refractivity contribution < 1.29 is 9.90 Å². The molecule has 0 unspecified atom stereocenters. The van der Waals surface area contributed by atoms with Crippen molar-refractivity contribution in [2.45, 2.75) is 45.2 Å². The van der Waals surface area contributed by atoms with Gasteiger partial charge in [0.1, 0.15) is 5.82 Å². The first-order chi connectivity index (χ1) is 18.9. The second-order valence-corrected chi connectivity index (χ2v) is 10.7. The second-order valence-electron chi connectivity index (χ2n) is 10.2. The number of hydrogen-bond donors (Lipinski definition) is 2. The summed E-state index contributed by atoms with van der Waals surface area (Å²) in [6, 6.07) is 13.3. The van der Waals surface area contributed by atoms with Gasteiger partial charge in [-0.25, -0.2) is 9.78 Å². The first-order valence-corrected chi connectivity index (χ1v) is 13.6. The van der Waals surface area contributed by atoms with Crippen LogP contribution in [-0.2, 0) is 6.54 Å². The number of aliphatic hydroxyl groups excluding tert-OH is 1. The van der Waals surface area contributed by atoms with Crippen LogP contribution in [0.3, 0.4) is 0 Å². The number of imidazole rings is 1. The Morgan fingerprint density at radius 2 is 1.85 bits per heavy atom. The summed E-state index contributed by atoms with van der Waals surface area (Å²) < 4.78 is 3.58. The normalized spacial score (nSPS) is 17.3. The second kappa shape index (κ2) is 11.6. The van der Waals surface area contributed by atoms with E-state index in [1.165, 1.54) is 0 Å². The molecule has 204 valence electrons. The predicted molar refractivity (Wildman–Crippen MR) is 153 cm³/mol. The van der Waals surface area contributed by atoms with Crippen LogP contribution >= 0.6 is 11.6 Å². The first-order valence-electron chi connectivity index (χ1n) is 13.3. The van der Waals surface area contributed by atoms with E-state index in [0.29, 0.717) is 41.0 Å². The van der Waals surface area contributed by atoms with Gasteiger partial charge in [0, 0.05) is 32.4 Å². The average molecular weight is 549 g/mol. The lowest BCUT2D eigenvalue weighted by Crippen LogP contribution is -2.39. The lowest BCUT2D eigenvalue weighted by Gasteiger charge is -2.29. The van der Waals surface area contributed by atoms with Crippen molar-refractivity contribution in [3.05, 3.63) is 81.6 Å². The molecule has 5 rings (SSSR count). The van der Waals surface area contributed by atoms with Crippen LogP contribution in [0.4, 0.5) is 5.82 Å². The summed E-state index contributed by atoms with van der Waals surface area (Å²) in [5, 5.41) is 12.8. The van der Waals surface area contributed by atoms with Crippen molar-refractivity contribution in [3.63, 3.8) is 0 Å². The number of halogens is 1. The summed E-state index contributed by atoms with van der Waals surface area (Å²) >= 11 is 6.04. The molecular formula is C29H33ClN6O3. The van der Waals surface area contributed by atoms with Gasteiger partial charge in [0.2, 0.25) is 0 Å². The Morgan fingerprint density at radius 3 is 2.54 bits per heavy atom. The number of aryl methyl sites for hydroxylation is 1. The fraction of sp³-hybridized carbons (Fsp3) is 0.379. The van der Waals surface area contributed by atoms with Crippen LogP contribution in [0.1, 0.15) is 41.7 Å². The summed E-state index contributed by atoms with van der Waals surface area (Å²) in [4.78, 5) is 37.1. The first kappa shape index (κ1) is 26.9. The van der Waals surface area contributed by atoms with Crippen LogP contribution in [0.5, 0.6) is 0 Å². The van der Waals surface area contributed by atoms with Crippen molar-refractivity contribution in [1.29, 1.82) is 0 Å². The number of nitrogens with one attached hydrogen (secondary N) is 1. The molecule has 10 heteroatoms. The van der Waals surface area contributed by atoms with E-state index >= 15 is 0 Å². The largest absolute Gasteiger partial charge is 0.395 e. The van der Waals surface area contributed by atoms with E-state index in [1.54, 1.807) is 30.0 Å². The minimum absolute atomic E-state index is 0.0419. The Bertz CT molecular complexity index is 1520. The molecule has 0 aliphatic heterocycles. The number of fused-ring (bicyclic) bond motifs is 1. The number of amides is 1. The van der Waals surface area contributed by atoms with Gasteiger partial charge in [-0.2, -0.15) is 0 Å². The number of aliphatic hydroxyl groups is 1. The van der Waals surface area contributed by atoms with Crippen LogP contribution in [0.25, 0.3) is 16.7 Å². The highest BCUT2D eigenvalue weighted by Crippen LogP contribution is 2.28. The zero-order valence-corrected chi connectivity index (χ0v) is 22.9. The highest BCUT2D eigenvalue weighted by molar-refractivity contribution is 6.30. The minimum atomic E-state index is -0.146. The highest BCUT2D eigenvalue weighted by Gasteiger charge is 2.25. The van der Waals surface area contributed by atoms with E-state index in [4.69, 9.17) is 11.6 Å². The van der Waals surface area contributed by atoms with Crippen LogP contribution in [0, 0.1) is 12.8 Å². The van der Waals surface area contributed by atoms with Gasteiger partial charge in [-0.05, 0) is 68.9 Å². The number of hydrogen-bond acceptors (Lipinski definition) is 6. The maximum atomic E-state index is 13.7. The summed E-state index contributed by atoms with van der Waals surface area (Å²) in [6.07, 6.45) is 6.77. The lowest BCUT2D eigenvalue weighted by atomic mass is 9.85. The quantitative estimate of drug-likeness (QED) is 0.345. The zero-order chi connectivity index (χ0) is 27.5. The van der Waals surface area contributed by atoms with Crippen molar-refractivity contribution in [3.8, 4) is 5.69 Å². The highest BCUT2D eigenvalue weighted by atomic mass is 35.5. The molecule has 1 fully saturated rings. The van der Waals surface area contributed by atoms with Gasteiger partial charge in [-0.1, -0.05) is 23.7 Å². The fourth-order valence-corrected chi connectivity index (χ4v) is 5.54. The van der Waals surface area contributed by atoms with Crippen molar-refractivity contribution in [1.82, 2.24) is 24.4 Å². The number of likely N-dealkylation sites (N-methyl/N-ethyl adjacent to an activating group) is 1. The molecule has 2 N–H and O–H groups in total. The number of carbonyl (C=O) groups excluding carboxylic acids is 1. The van der Waals surface area contributed by atoms with E-state index in [-0.39, 0.29) is 24.2 Å². The number of benzene rings is 1. The average Bonchev–Trinajstić information content (AvgIpc) is 3.22. The SMILES string of the molecule is Cc1ncc(Cl)cc1C(=O)N[C@H]1CC[C@H](Cn2c(=O)n(-c3ccc(N(C)CCO)nc3)c3ccccc32)CC1. The topological polar surface area (TPSA) is 105 Å². The summed E-state index contributed by atoms with van der Waals surface area (Å²) in [7, 11) is 1.87. The predicted octanol–water partition coefficient (Wildman–Crippen LogP) is 3.96. The molecule has 0 radical (unpaired) electrons. The summed E-state index contributed by atoms with van der Waals surface area (Å²) in [5.74, 6) is 0.917. The van der Waals surface area contributed by atoms with Crippen LogP contribution in [0.15, 0.2) is 59.7 Å². The van der Waals surface area contributed by atoms with E-state index in [1.807, 2.05) is 52.9 Å². The number of nitrogens with zero attached hydrogens (tertiary/aromatic N) is 5. The zero-order valence-electron chi connectivity index (χ0n) is 22.2. The number of pyridine rings is 2. The van der Waals surface area contributed by atoms with Crippen LogP contribution in [0.2, 0.25) is 5.02 Å². The van der Waals surface area contributed by atoms with E-state index < -0.39 is 0 Å². The Morgan fingerprint density at radius 1 is 1.10 bits per heavy atom. The maximum Gasteiger partial charge on any atom is 0.333 e. The molecule has 1 aliphatic carbocycles. The maximum absolute atomic E-state index is 13.7. The molecule has 9 nitrogen and oxygen atoms in total. The number of carbonyl (C=O) groups is 1. The number of anilines is 1. The molecule has 39 heavy (non-hydrogen) atoms. The molecule has 3 aromatic heterocycles. The Kier molecular flexibility index (Phi) is 7.99. The van der Waals surface area contributed by atoms with Crippen LogP contribution < -0.4 is 15.9 Å². The van der Waals surface area contributed by atoms with Gasteiger partial charge in [-0.15, -0.1) is 0 Å². The number of para-hydroxylation sites is 2.